The van der Waals surface area contributed by atoms with Crippen LogP contribution in [0, 0.1) is 25.2 Å². The monoisotopic (exact) mass is 391 g/mol. The van der Waals surface area contributed by atoms with Gasteiger partial charge in [0.2, 0.25) is 11.8 Å². The molecule has 2 N–H and O–H groups in total. The van der Waals surface area contributed by atoms with Crippen molar-refractivity contribution in [1.29, 1.82) is 5.26 Å². The van der Waals surface area contributed by atoms with E-state index >= 15 is 0 Å². The van der Waals surface area contributed by atoms with E-state index in [9.17, 15) is 14.9 Å². The van der Waals surface area contributed by atoms with Gasteiger partial charge in [-0.1, -0.05) is 54.2 Å². The Morgan fingerprint density at radius 1 is 1.18 bits per heavy atom. The van der Waals surface area contributed by atoms with Crippen LogP contribution in [-0.4, -0.2) is 17.6 Å². The predicted molar refractivity (Wildman–Crippen MR) is 112 cm³/mol. The first-order chi connectivity index (χ1) is 13.5. The average Bonchev–Trinajstić information content (AvgIpc) is 2.68. The van der Waals surface area contributed by atoms with Crippen LogP contribution in [0.15, 0.2) is 59.1 Å². The molecular formula is C22H21N3O2S. The summed E-state index contributed by atoms with van der Waals surface area (Å²) in [6.45, 7) is 3.90. The van der Waals surface area contributed by atoms with Gasteiger partial charge in [-0.25, -0.2) is 0 Å². The van der Waals surface area contributed by atoms with E-state index in [-0.39, 0.29) is 29.9 Å². The molecule has 5 nitrogen and oxygen atoms in total. The van der Waals surface area contributed by atoms with E-state index in [1.54, 1.807) is 0 Å². The number of carbonyl (C=O) groups is 2. The summed E-state index contributed by atoms with van der Waals surface area (Å²) < 4.78 is 0. The van der Waals surface area contributed by atoms with Gasteiger partial charge in [0.05, 0.1) is 22.4 Å². The number of hydrogen-bond donors (Lipinski definition) is 2. The maximum atomic E-state index is 12.3. The highest BCUT2D eigenvalue weighted by Crippen LogP contribution is 2.37. The van der Waals surface area contributed by atoms with Crippen LogP contribution < -0.4 is 10.6 Å². The molecule has 0 radical (unpaired) electrons. The molecule has 0 aromatic heterocycles. The van der Waals surface area contributed by atoms with Crippen molar-refractivity contribution in [3.8, 4) is 6.07 Å². The van der Waals surface area contributed by atoms with Crippen molar-refractivity contribution in [3.05, 3.63) is 75.8 Å². The van der Waals surface area contributed by atoms with Crippen molar-refractivity contribution in [2.75, 3.05) is 11.1 Å². The van der Waals surface area contributed by atoms with Gasteiger partial charge in [-0.3, -0.25) is 9.59 Å². The summed E-state index contributed by atoms with van der Waals surface area (Å²) in [6, 6.07) is 17.5. The minimum atomic E-state index is -0.290. The molecule has 2 aromatic rings. The summed E-state index contributed by atoms with van der Waals surface area (Å²) in [5, 5.41) is 15.8. The van der Waals surface area contributed by atoms with E-state index in [0.717, 1.165) is 22.4 Å². The third-order valence-electron chi connectivity index (χ3n) is 4.69. The van der Waals surface area contributed by atoms with E-state index < -0.39 is 0 Å². The first-order valence-corrected chi connectivity index (χ1v) is 9.96. The maximum absolute atomic E-state index is 12.3. The number of allylic oxidation sites excluding steroid dienone is 1. The van der Waals surface area contributed by atoms with Gasteiger partial charge in [-0.05, 0) is 36.6 Å². The molecular weight excluding hydrogens is 370 g/mol. The topological polar surface area (TPSA) is 82.0 Å². The van der Waals surface area contributed by atoms with Gasteiger partial charge in [-0.15, -0.1) is 0 Å². The molecule has 0 spiro atoms. The van der Waals surface area contributed by atoms with Crippen molar-refractivity contribution in [1.82, 2.24) is 5.32 Å². The smallest absolute Gasteiger partial charge is 0.234 e. The number of anilines is 1. The molecule has 0 unspecified atom stereocenters. The minimum Gasteiger partial charge on any atom is -0.325 e. The Balaban J connectivity index is 1.78. The maximum Gasteiger partial charge on any atom is 0.234 e. The lowest BCUT2D eigenvalue weighted by Crippen LogP contribution is -2.31. The minimum absolute atomic E-state index is 0.107. The Bertz CT molecular complexity index is 991. The molecule has 2 amide bonds. The Labute approximate surface area is 168 Å². The quantitative estimate of drug-likeness (QED) is 0.807. The number of nitriles is 1. The van der Waals surface area contributed by atoms with E-state index in [2.05, 4.69) is 16.7 Å². The Hall–Kier alpha value is -3.04. The number of hydrogen-bond acceptors (Lipinski definition) is 4. The summed E-state index contributed by atoms with van der Waals surface area (Å²) in [4.78, 5) is 24.6. The Morgan fingerprint density at radius 2 is 1.86 bits per heavy atom. The molecule has 0 saturated carbocycles. The number of benzene rings is 2. The third-order valence-corrected chi connectivity index (χ3v) is 5.70. The number of nitrogens with zero attached hydrogens (tertiary/aromatic N) is 1. The molecule has 0 aliphatic carbocycles. The lowest BCUT2D eigenvalue weighted by molar-refractivity contribution is -0.121. The SMILES string of the molecule is Cc1ccccc1NC(=O)CSC1=C(C#N)[C@@H](c2ccccc2C)CC(=O)N1. The Morgan fingerprint density at radius 3 is 2.54 bits per heavy atom. The number of rotatable bonds is 5. The molecule has 142 valence electrons. The van der Waals surface area contributed by atoms with E-state index in [0.29, 0.717) is 10.6 Å². The highest BCUT2D eigenvalue weighted by molar-refractivity contribution is 8.03. The van der Waals surface area contributed by atoms with Crippen LogP contribution in [0.5, 0.6) is 0 Å². The van der Waals surface area contributed by atoms with Gasteiger partial charge in [0, 0.05) is 18.0 Å². The summed E-state index contributed by atoms with van der Waals surface area (Å²) in [6.07, 6.45) is 0.229. The summed E-state index contributed by atoms with van der Waals surface area (Å²) >= 11 is 1.18. The van der Waals surface area contributed by atoms with Crippen molar-refractivity contribution in [2.45, 2.75) is 26.2 Å². The van der Waals surface area contributed by atoms with Crippen molar-refractivity contribution in [3.63, 3.8) is 0 Å². The lowest BCUT2D eigenvalue weighted by Gasteiger charge is -2.26. The second kappa shape index (κ2) is 8.77. The molecule has 6 heteroatoms. The molecule has 0 saturated heterocycles. The summed E-state index contributed by atoms with van der Waals surface area (Å²) in [7, 11) is 0. The van der Waals surface area contributed by atoms with Crippen molar-refractivity contribution in [2.24, 2.45) is 0 Å². The molecule has 3 rings (SSSR count). The van der Waals surface area contributed by atoms with E-state index in [4.69, 9.17) is 0 Å². The first-order valence-electron chi connectivity index (χ1n) is 8.97. The average molecular weight is 391 g/mol. The molecule has 1 aliphatic rings. The van der Waals surface area contributed by atoms with Crippen LogP contribution in [0.4, 0.5) is 5.69 Å². The number of aryl methyl sites for hydroxylation is 2. The lowest BCUT2D eigenvalue weighted by atomic mass is 9.85. The zero-order chi connectivity index (χ0) is 20.1. The van der Waals surface area contributed by atoms with Crippen molar-refractivity contribution < 1.29 is 9.59 Å². The highest BCUT2D eigenvalue weighted by atomic mass is 32.2. The largest absolute Gasteiger partial charge is 0.325 e. The fourth-order valence-electron chi connectivity index (χ4n) is 3.21. The Kier molecular flexibility index (Phi) is 6.17. The van der Waals surface area contributed by atoms with Crippen LogP contribution in [0.3, 0.4) is 0 Å². The summed E-state index contributed by atoms with van der Waals surface area (Å²) in [5.41, 5.74) is 4.24. The molecule has 0 fully saturated rings. The zero-order valence-electron chi connectivity index (χ0n) is 15.8. The molecule has 1 heterocycles. The number of thioether (sulfide) groups is 1. The standard InChI is InChI=1S/C22H21N3O2S/c1-14-7-3-5-9-16(14)17-11-20(26)25-22(18(17)12-23)28-13-21(27)24-19-10-6-4-8-15(19)2/h3-10,17H,11,13H2,1-2H3,(H,24,27)(H,25,26)/t17-/m1/s1. The molecule has 0 bridgehead atoms. The van der Waals surface area contributed by atoms with Gasteiger partial charge in [0.25, 0.3) is 0 Å². The van der Waals surface area contributed by atoms with Crippen LogP contribution in [0.1, 0.15) is 29.0 Å². The zero-order valence-corrected chi connectivity index (χ0v) is 16.6. The number of carbonyl (C=O) groups excluding carboxylic acids is 2. The van der Waals surface area contributed by atoms with Gasteiger partial charge >= 0.3 is 0 Å². The molecule has 1 atom stereocenters. The van der Waals surface area contributed by atoms with Crippen molar-refractivity contribution >= 4 is 29.3 Å². The van der Waals surface area contributed by atoms with Crippen LogP contribution in [0.25, 0.3) is 0 Å². The normalized spacial score (nSPS) is 16.3. The number of nitrogens with one attached hydrogen (secondary N) is 2. The second-order valence-corrected chi connectivity index (χ2v) is 7.65. The molecule has 2 aromatic carbocycles. The summed E-state index contributed by atoms with van der Waals surface area (Å²) in [5.74, 6) is -0.511. The van der Waals surface area contributed by atoms with Crippen LogP contribution >= 0.6 is 11.8 Å². The van der Waals surface area contributed by atoms with Gasteiger partial charge in [-0.2, -0.15) is 5.26 Å². The van der Waals surface area contributed by atoms with E-state index in [1.165, 1.54) is 11.8 Å². The van der Waals surface area contributed by atoms with Crippen LogP contribution in [-0.2, 0) is 9.59 Å². The molecule has 1 aliphatic heterocycles. The predicted octanol–water partition coefficient (Wildman–Crippen LogP) is 4.01. The van der Waals surface area contributed by atoms with Crippen LogP contribution in [0.2, 0.25) is 0 Å². The second-order valence-electron chi connectivity index (χ2n) is 6.67. The van der Waals surface area contributed by atoms with Gasteiger partial charge in [0.15, 0.2) is 0 Å². The number of amides is 2. The fraction of sp³-hybridized carbons (Fsp3) is 0.227. The molecule has 28 heavy (non-hydrogen) atoms. The number of para-hydroxylation sites is 1. The highest BCUT2D eigenvalue weighted by Gasteiger charge is 2.30. The fourth-order valence-corrected chi connectivity index (χ4v) is 4.09. The third kappa shape index (κ3) is 4.44. The van der Waals surface area contributed by atoms with E-state index in [1.807, 2.05) is 62.4 Å². The van der Waals surface area contributed by atoms with Gasteiger partial charge in [0.1, 0.15) is 0 Å². The first kappa shape index (κ1) is 19.7. The van der Waals surface area contributed by atoms with Gasteiger partial charge < -0.3 is 10.6 Å².